The highest BCUT2D eigenvalue weighted by Gasteiger charge is 2.26. The van der Waals surface area contributed by atoms with Crippen LogP contribution in [-0.4, -0.2) is 50.6 Å². The third-order valence-corrected chi connectivity index (χ3v) is 5.40. The molecule has 0 spiro atoms. The highest BCUT2D eigenvalue weighted by Crippen LogP contribution is 2.23. The molecule has 0 aliphatic carbocycles. The standard InChI is InChI=1S/C23H27N5O3/c1-2-3-13-30-19-8-6-18(7-9-19)23(29)28-12-4-5-17(16-28)14-21-26-22(27-31-21)20-15-24-10-11-25-20/h6-11,15,17H,2-5,12-14,16H2,1H3. The van der Waals surface area contributed by atoms with Gasteiger partial charge in [0.15, 0.2) is 0 Å². The summed E-state index contributed by atoms with van der Waals surface area (Å²) in [5.41, 5.74) is 1.27. The van der Waals surface area contributed by atoms with Gasteiger partial charge in [0, 0.05) is 37.5 Å². The van der Waals surface area contributed by atoms with E-state index in [1.54, 1.807) is 18.6 Å². The predicted molar refractivity (Wildman–Crippen MR) is 115 cm³/mol. The molecule has 2 aromatic heterocycles. The largest absolute Gasteiger partial charge is 0.494 e. The van der Waals surface area contributed by atoms with Gasteiger partial charge in [-0.3, -0.25) is 9.78 Å². The minimum absolute atomic E-state index is 0.0515. The maximum absolute atomic E-state index is 13.0. The number of rotatable bonds is 8. The van der Waals surface area contributed by atoms with E-state index in [1.807, 2.05) is 29.2 Å². The van der Waals surface area contributed by atoms with Gasteiger partial charge >= 0.3 is 0 Å². The van der Waals surface area contributed by atoms with Crippen LogP contribution >= 0.6 is 0 Å². The van der Waals surface area contributed by atoms with E-state index in [9.17, 15) is 4.79 Å². The summed E-state index contributed by atoms with van der Waals surface area (Å²) in [6.07, 6.45) is 9.55. The molecule has 1 amide bonds. The molecule has 8 heteroatoms. The molecule has 1 aromatic carbocycles. The molecule has 4 rings (SSSR count). The van der Waals surface area contributed by atoms with Crippen LogP contribution in [0.2, 0.25) is 0 Å². The summed E-state index contributed by atoms with van der Waals surface area (Å²) in [6, 6.07) is 7.43. The summed E-state index contributed by atoms with van der Waals surface area (Å²) in [7, 11) is 0. The molecule has 0 N–H and O–H groups in total. The molecule has 1 saturated heterocycles. The van der Waals surface area contributed by atoms with Gasteiger partial charge in [-0.15, -0.1) is 0 Å². The number of nitrogens with zero attached hydrogens (tertiary/aromatic N) is 5. The average Bonchev–Trinajstić information content (AvgIpc) is 3.28. The summed E-state index contributed by atoms with van der Waals surface area (Å²) < 4.78 is 11.1. The summed E-state index contributed by atoms with van der Waals surface area (Å²) in [4.78, 5) is 27.6. The summed E-state index contributed by atoms with van der Waals surface area (Å²) in [5, 5.41) is 4.01. The zero-order valence-corrected chi connectivity index (χ0v) is 17.7. The molecule has 1 aliphatic heterocycles. The average molecular weight is 422 g/mol. The Morgan fingerprint density at radius 2 is 2.13 bits per heavy atom. The van der Waals surface area contributed by atoms with Crippen LogP contribution in [0.1, 0.15) is 48.9 Å². The predicted octanol–water partition coefficient (Wildman–Crippen LogP) is 3.80. The van der Waals surface area contributed by atoms with E-state index in [1.165, 1.54) is 0 Å². The van der Waals surface area contributed by atoms with E-state index in [0.29, 0.717) is 42.5 Å². The Labute approximate surface area is 181 Å². The van der Waals surface area contributed by atoms with Gasteiger partial charge in [-0.05, 0) is 49.4 Å². The lowest BCUT2D eigenvalue weighted by Crippen LogP contribution is -2.40. The Balaban J connectivity index is 1.34. The lowest BCUT2D eigenvalue weighted by molar-refractivity contribution is 0.0668. The zero-order chi connectivity index (χ0) is 21.5. The number of benzene rings is 1. The minimum Gasteiger partial charge on any atom is -0.494 e. The molecule has 162 valence electrons. The van der Waals surface area contributed by atoms with Crippen LogP contribution < -0.4 is 4.74 Å². The van der Waals surface area contributed by atoms with E-state index in [4.69, 9.17) is 9.26 Å². The van der Waals surface area contributed by atoms with Crippen LogP contribution in [0.5, 0.6) is 5.75 Å². The fraction of sp³-hybridized carbons (Fsp3) is 0.435. The molecule has 1 fully saturated rings. The Kier molecular flexibility index (Phi) is 6.86. The number of unbranched alkanes of at least 4 members (excludes halogenated alkanes) is 1. The van der Waals surface area contributed by atoms with Crippen molar-refractivity contribution in [2.75, 3.05) is 19.7 Å². The second-order valence-corrected chi connectivity index (χ2v) is 7.79. The van der Waals surface area contributed by atoms with E-state index in [2.05, 4.69) is 27.0 Å². The first kappa shape index (κ1) is 21.0. The Bertz CT molecular complexity index is 974. The highest BCUT2D eigenvalue weighted by molar-refractivity contribution is 5.94. The smallest absolute Gasteiger partial charge is 0.253 e. The van der Waals surface area contributed by atoms with Crippen molar-refractivity contribution in [1.29, 1.82) is 0 Å². The van der Waals surface area contributed by atoms with E-state index >= 15 is 0 Å². The first-order chi connectivity index (χ1) is 15.2. The van der Waals surface area contributed by atoms with Crippen molar-refractivity contribution >= 4 is 5.91 Å². The van der Waals surface area contributed by atoms with Crippen molar-refractivity contribution in [2.45, 2.75) is 39.0 Å². The third kappa shape index (κ3) is 5.45. The fourth-order valence-corrected chi connectivity index (χ4v) is 3.73. The monoisotopic (exact) mass is 421 g/mol. The zero-order valence-electron chi connectivity index (χ0n) is 17.7. The van der Waals surface area contributed by atoms with Gasteiger partial charge in [0.25, 0.3) is 5.91 Å². The number of carbonyl (C=O) groups is 1. The van der Waals surface area contributed by atoms with Gasteiger partial charge < -0.3 is 14.2 Å². The molecule has 1 atom stereocenters. The van der Waals surface area contributed by atoms with E-state index in [-0.39, 0.29) is 11.8 Å². The van der Waals surface area contributed by atoms with Crippen molar-refractivity contribution in [2.24, 2.45) is 5.92 Å². The molecule has 8 nitrogen and oxygen atoms in total. The van der Waals surface area contributed by atoms with Gasteiger partial charge in [-0.25, -0.2) is 4.98 Å². The van der Waals surface area contributed by atoms with Crippen LogP contribution in [-0.2, 0) is 6.42 Å². The SMILES string of the molecule is CCCCOc1ccc(C(=O)N2CCCC(Cc3nc(-c4cnccn4)no3)C2)cc1. The fourth-order valence-electron chi connectivity index (χ4n) is 3.73. The Morgan fingerprint density at radius 1 is 1.26 bits per heavy atom. The normalized spacial score (nSPS) is 16.3. The topological polar surface area (TPSA) is 94.2 Å². The second kappa shape index (κ2) is 10.1. The minimum atomic E-state index is 0.0515. The highest BCUT2D eigenvalue weighted by atomic mass is 16.5. The van der Waals surface area contributed by atoms with Crippen LogP contribution in [0.3, 0.4) is 0 Å². The molecule has 0 radical (unpaired) electrons. The van der Waals surface area contributed by atoms with Gasteiger partial charge in [-0.2, -0.15) is 4.98 Å². The van der Waals surface area contributed by atoms with Crippen molar-refractivity contribution in [1.82, 2.24) is 25.0 Å². The second-order valence-electron chi connectivity index (χ2n) is 7.79. The lowest BCUT2D eigenvalue weighted by atomic mass is 9.94. The van der Waals surface area contributed by atoms with Gasteiger partial charge in [0.2, 0.25) is 11.7 Å². The Morgan fingerprint density at radius 3 is 2.90 bits per heavy atom. The van der Waals surface area contributed by atoms with E-state index < -0.39 is 0 Å². The summed E-state index contributed by atoms with van der Waals surface area (Å²) in [5.74, 6) is 2.14. The number of ether oxygens (including phenoxy) is 1. The molecular formula is C23H27N5O3. The van der Waals surface area contributed by atoms with Crippen molar-refractivity contribution in [3.63, 3.8) is 0 Å². The maximum Gasteiger partial charge on any atom is 0.253 e. The molecule has 0 bridgehead atoms. The first-order valence-corrected chi connectivity index (χ1v) is 10.8. The molecule has 1 unspecified atom stereocenters. The quantitative estimate of drug-likeness (QED) is 0.511. The number of likely N-dealkylation sites (tertiary alicyclic amines) is 1. The molecule has 0 saturated carbocycles. The Hall–Kier alpha value is -3.29. The molecule has 1 aliphatic rings. The van der Waals surface area contributed by atoms with Crippen molar-refractivity contribution < 1.29 is 14.1 Å². The number of carbonyl (C=O) groups excluding carboxylic acids is 1. The van der Waals surface area contributed by atoms with Crippen molar-refractivity contribution in [3.8, 4) is 17.3 Å². The molecule has 3 aromatic rings. The van der Waals surface area contributed by atoms with Crippen LogP contribution in [0.25, 0.3) is 11.5 Å². The molecule has 3 heterocycles. The summed E-state index contributed by atoms with van der Waals surface area (Å²) in [6.45, 7) is 4.27. The van der Waals surface area contributed by atoms with Crippen LogP contribution in [0, 0.1) is 5.92 Å². The molecular weight excluding hydrogens is 394 g/mol. The van der Waals surface area contributed by atoms with Crippen LogP contribution in [0.15, 0.2) is 47.4 Å². The number of aromatic nitrogens is 4. The molecule has 31 heavy (non-hydrogen) atoms. The van der Waals surface area contributed by atoms with Gasteiger partial charge in [0.1, 0.15) is 11.4 Å². The van der Waals surface area contributed by atoms with Crippen molar-refractivity contribution in [3.05, 3.63) is 54.3 Å². The number of hydrogen-bond donors (Lipinski definition) is 0. The summed E-state index contributed by atoms with van der Waals surface area (Å²) >= 11 is 0. The number of hydrogen-bond acceptors (Lipinski definition) is 7. The first-order valence-electron chi connectivity index (χ1n) is 10.8. The maximum atomic E-state index is 13.0. The third-order valence-electron chi connectivity index (χ3n) is 5.40. The van der Waals surface area contributed by atoms with E-state index in [0.717, 1.165) is 38.0 Å². The lowest BCUT2D eigenvalue weighted by Gasteiger charge is -2.32. The van der Waals surface area contributed by atoms with Gasteiger partial charge in [0.05, 0.1) is 12.8 Å². The number of piperidine rings is 1. The van der Waals surface area contributed by atoms with Crippen LogP contribution in [0.4, 0.5) is 0 Å². The number of amides is 1. The van der Waals surface area contributed by atoms with Gasteiger partial charge in [-0.1, -0.05) is 18.5 Å².